The minimum Gasteiger partial charge on any atom is -0.393 e. The Morgan fingerprint density at radius 3 is 2.75 bits per heavy atom. The minimum absolute atomic E-state index is 0.227. The Hall–Kier alpha value is -0.870. The van der Waals surface area contributed by atoms with Crippen molar-refractivity contribution in [3.63, 3.8) is 0 Å². The average molecular weight is 228 g/mol. The molecule has 4 heteroatoms. The number of aliphatic hydroxyl groups excluding tert-OH is 1. The van der Waals surface area contributed by atoms with Crippen LogP contribution in [0.4, 0.5) is 0 Å². The number of amides is 1. The molecule has 0 rings (SSSR count). The SMILES string of the molecule is C=CC[C@H](C[C@@H](O)CCCCC)C(=O)NN. The zero-order valence-corrected chi connectivity index (χ0v) is 10.1. The van der Waals surface area contributed by atoms with Gasteiger partial charge in [0.15, 0.2) is 0 Å². The molecule has 0 spiro atoms. The molecule has 0 aliphatic carbocycles. The number of rotatable bonds is 9. The molecule has 16 heavy (non-hydrogen) atoms. The number of allylic oxidation sites excluding steroid dienone is 1. The Balaban J connectivity index is 3.97. The van der Waals surface area contributed by atoms with Crippen molar-refractivity contribution < 1.29 is 9.90 Å². The molecular weight excluding hydrogens is 204 g/mol. The summed E-state index contributed by atoms with van der Waals surface area (Å²) in [6.45, 7) is 5.72. The first kappa shape index (κ1) is 15.1. The largest absolute Gasteiger partial charge is 0.393 e. The number of nitrogens with one attached hydrogen (secondary N) is 1. The van der Waals surface area contributed by atoms with Gasteiger partial charge in [-0.2, -0.15) is 0 Å². The topological polar surface area (TPSA) is 75.3 Å². The van der Waals surface area contributed by atoms with E-state index in [1.807, 2.05) is 0 Å². The Labute approximate surface area is 97.9 Å². The molecule has 94 valence electrons. The number of hydrogen-bond donors (Lipinski definition) is 3. The molecule has 0 bridgehead atoms. The van der Waals surface area contributed by atoms with Crippen LogP contribution in [0.5, 0.6) is 0 Å². The van der Waals surface area contributed by atoms with Crippen LogP contribution in [0, 0.1) is 5.92 Å². The summed E-state index contributed by atoms with van der Waals surface area (Å²) in [5.41, 5.74) is 2.12. The van der Waals surface area contributed by atoms with Gasteiger partial charge < -0.3 is 5.11 Å². The van der Waals surface area contributed by atoms with Crippen LogP contribution in [0.2, 0.25) is 0 Å². The van der Waals surface area contributed by atoms with Crippen LogP contribution in [0.3, 0.4) is 0 Å². The van der Waals surface area contributed by atoms with E-state index in [4.69, 9.17) is 5.84 Å². The molecule has 0 heterocycles. The summed E-state index contributed by atoms with van der Waals surface area (Å²) in [5, 5.41) is 9.76. The number of carbonyl (C=O) groups excluding carboxylic acids is 1. The van der Waals surface area contributed by atoms with E-state index < -0.39 is 6.10 Å². The lowest BCUT2D eigenvalue weighted by molar-refractivity contribution is -0.126. The summed E-state index contributed by atoms with van der Waals surface area (Å²) in [4.78, 5) is 11.4. The number of carbonyl (C=O) groups is 1. The first-order valence-electron chi connectivity index (χ1n) is 5.95. The van der Waals surface area contributed by atoms with Crippen LogP contribution in [0.1, 0.15) is 45.4 Å². The molecule has 1 amide bonds. The lowest BCUT2D eigenvalue weighted by Gasteiger charge is -2.17. The predicted octanol–water partition coefficient (Wildman–Crippen LogP) is 1.50. The second-order valence-electron chi connectivity index (χ2n) is 4.12. The van der Waals surface area contributed by atoms with Gasteiger partial charge in [0.2, 0.25) is 5.91 Å². The van der Waals surface area contributed by atoms with E-state index >= 15 is 0 Å². The van der Waals surface area contributed by atoms with Crippen LogP contribution in [0.25, 0.3) is 0 Å². The average Bonchev–Trinajstić information content (AvgIpc) is 2.28. The van der Waals surface area contributed by atoms with Crippen molar-refractivity contribution in [1.82, 2.24) is 5.43 Å². The van der Waals surface area contributed by atoms with E-state index in [9.17, 15) is 9.90 Å². The molecule has 0 aromatic carbocycles. The third kappa shape index (κ3) is 6.58. The zero-order chi connectivity index (χ0) is 12.4. The second kappa shape index (κ2) is 9.36. The molecule has 0 unspecified atom stereocenters. The molecule has 0 saturated carbocycles. The van der Waals surface area contributed by atoms with Crippen molar-refractivity contribution in [2.75, 3.05) is 0 Å². The van der Waals surface area contributed by atoms with Crippen molar-refractivity contribution in [2.24, 2.45) is 11.8 Å². The van der Waals surface area contributed by atoms with Gasteiger partial charge in [-0.1, -0.05) is 32.3 Å². The van der Waals surface area contributed by atoms with E-state index in [2.05, 4.69) is 18.9 Å². The predicted molar refractivity (Wildman–Crippen MR) is 65.4 cm³/mol. The molecule has 4 N–H and O–H groups in total. The lowest BCUT2D eigenvalue weighted by atomic mass is 9.94. The number of hydrogen-bond acceptors (Lipinski definition) is 3. The molecule has 2 atom stereocenters. The third-order valence-corrected chi connectivity index (χ3v) is 2.66. The monoisotopic (exact) mass is 228 g/mol. The van der Waals surface area contributed by atoms with Gasteiger partial charge in [0.05, 0.1) is 6.10 Å². The summed E-state index contributed by atoms with van der Waals surface area (Å²) in [6.07, 6.45) is 6.26. The molecule has 0 aromatic rings. The van der Waals surface area contributed by atoms with Crippen molar-refractivity contribution in [3.05, 3.63) is 12.7 Å². The summed E-state index contributed by atoms with van der Waals surface area (Å²) in [7, 11) is 0. The van der Waals surface area contributed by atoms with Crippen LogP contribution in [-0.2, 0) is 4.79 Å². The molecule has 4 nitrogen and oxygen atoms in total. The van der Waals surface area contributed by atoms with E-state index in [0.717, 1.165) is 25.7 Å². The Kier molecular flexibility index (Phi) is 8.85. The fraction of sp³-hybridized carbons (Fsp3) is 0.750. The molecule has 0 radical (unpaired) electrons. The fourth-order valence-corrected chi connectivity index (χ4v) is 1.71. The second-order valence-corrected chi connectivity index (χ2v) is 4.12. The molecule has 0 aromatic heterocycles. The minimum atomic E-state index is -0.422. The molecular formula is C12H24N2O2. The van der Waals surface area contributed by atoms with Gasteiger partial charge in [0.25, 0.3) is 0 Å². The molecule has 0 aliphatic rings. The molecule has 0 saturated heterocycles. The normalized spacial score (nSPS) is 14.2. The van der Waals surface area contributed by atoms with Crippen molar-refractivity contribution >= 4 is 5.91 Å². The Morgan fingerprint density at radius 1 is 1.56 bits per heavy atom. The van der Waals surface area contributed by atoms with Crippen LogP contribution >= 0.6 is 0 Å². The first-order valence-corrected chi connectivity index (χ1v) is 5.95. The van der Waals surface area contributed by atoms with Gasteiger partial charge in [0.1, 0.15) is 0 Å². The van der Waals surface area contributed by atoms with Crippen molar-refractivity contribution in [2.45, 2.75) is 51.6 Å². The van der Waals surface area contributed by atoms with Crippen LogP contribution in [-0.4, -0.2) is 17.1 Å². The highest BCUT2D eigenvalue weighted by molar-refractivity contribution is 5.78. The zero-order valence-electron chi connectivity index (χ0n) is 10.1. The van der Waals surface area contributed by atoms with E-state index in [-0.39, 0.29) is 11.8 Å². The maximum atomic E-state index is 11.4. The molecule has 0 fully saturated rings. The van der Waals surface area contributed by atoms with Crippen LogP contribution in [0.15, 0.2) is 12.7 Å². The summed E-state index contributed by atoms with van der Waals surface area (Å²) < 4.78 is 0. The third-order valence-electron chi connectivity index (χ3n) is 2.66. The highest BCUT2D eigenvalue weighted by atomic mass is 16.3. The van der Waals surface area contributed by atoms with Gasteiger partial charge in [0, 0.05) is 5.92 Å². The quantitative estimate of drug-likeness (QED) is 0.184. The molecule has 0 aliphatic heterocycles. The number of hydrazine groups is 1. The first-order chi connectivity index (χ1) is 7.65. The van der Waals surface area contributed by atoms with E-state index in [0.29, 0.717) is 12.8 Å². The Morgan fingerprint density at radius 2 is 2.25 bits per heavy atom. The number of nitrogens with two attached hydrogens (primary N) is 1. The number of aliphatic hydroxyl groups is 1. The fourth-order valence-electron chi connectivity index (χ4n) is 1.71. The highest BCUT2D eigenvalue weighted by Crippen LogP contribution is 2.16. The van der Waals surface area contributed by atoms with Crippen molar-refractivity contribution in [3.8, 4) is 0 Å². The summed E-state index contributed by atoms with van der Waals surface area (Å²) in [6, 6.07) is 0. The van der Waals surface area contributed by atoms with Gasteiger partial charge in [-0.05, 0) is 19.3 Å². The lowest BCUT2D eigenvalue weighted by Crippen LogP contribution is -2.37. The van der Waals surface area contributed by atoms with E-state index in [1.54, 1.807) is 6.08 Å². The maximum Gasteiger partial charge on any atom is 0.237 e. The standard InChI is InChI=1S/C12H24N2O2/c1-3-5-6-8-11(15)9-10(7-4-2)12(16)14-13/h4,10-11,15H,2-3,5-9,13H2,1H3,(H,14,16)/t10-,11+/m1/s1. The maximum absolute atomic E-state index is 11.4. The van der Waals surface area contributed by atoms with Crippen LogP contribution < -0.4 is 11.3 Å². The summed E-state index contributed by atoms with van der Waals surface area (Å²) >= 11 is 0. The smallest absolute Gasteiger partial charge is 0.237 e. The van der Waals surface area contributed by atoms with Gasteiger partial charge in [-0.15, -0.1) is 6.58 Å². The highest BCUT2D eigenvalue weighted by Gasteiger charge is 2.19. The van der Waals surface area contributed by atoms with E-state index in [1.165, 1.54) is 0 Å². The van der Waals surface area contributed by atoms with Gasteiger partial charge >= 0.3 is 0 Å². The van der Waals surface area contributed by atoms with Gasteiger partial charge in [-0.3, -0.25) is 10.2 Å². The Bertz CT molecular complexity index is 207. The van der Waals surface area contributed by atoms with Crippen molar-refractivity contribution in [1.29, 1.82) is 0 Å². The van der Waals surface area contributed by atoms with Gasteiger partial charge in [-0.25, -0.2) is 5.84 Å². The number of unbranched alkanes of at least 4 members (excludes halogenated alkanes) is 2. The summed E-state index contributed by atoms with van der Waals surface area (Å²) in [5.74, 6) is 4.59.